The van der Waals surface area contributed by atoms with E-state index in [0.29, 0.717) is 0 Å². The summed E-state index contributed by atoms with van der Waals surface area (Å²) in [5.74, 6) is 1.08. The van der Waals surface area contributed by atoms with Crippen molar-refractivity contribution in [3.8, 4) is 0 Å². The van der Waals surface area contributed by atoms with E-state index in [2.05, 4.69) is 52.2 Å². The molecule has 2 aromatic rings. The highest BCUT2D eigenvalue weighted by atomic mass is 32.1. The number of aryl methyl sites for hydroxylation is 1. The Bertz CT molecular complexity index is 608. The Labute approximate surface area is 124 Å². The number of likely N-dealkylation sites (N-methyl/N-ethyl adjacent to an activating group) is 1. The Morgan fingerprint density at radius 2 is 2.25 bits per heavy atom. The van der Waals surface area contributed by atoms with Crippen LogP contribution in [0.3, 0.4) is 0 Å². The molecule has 0 atom stereocenters. The Hall–Kier alpha value is -1.46. The lowest BCUT2D eigenvalue weighted by molar-refractivity contribution is 0.309. The highest BCUT2D eigenvalue weighted by Gasteiger charge is 2.20. The van der Waals surface area contributed by atoms with E-state index in [4.69, 9.17) is 0 Å². The van der Waals surface area contributed by atoms with Crippen LogP contribution in [0.5, 0.6) is 0 Å². The summed E-state index contributed by atoms with van der Waals surface area (Å²) in [7, 11) is 4.28. The van der Waals surface area contributed by atoms with E-state index in [9.17, 15) is 0 Å². The summed E-state index contributed by atoms with van der Waals surface area (Å²) in [5.41, 5.74) is 3.86. The molecule has 2 aromatic heterocycles. The van der Waals surface area contributed by atoms with Crippen molar-refractivity contribution in [2.75, 3.05) is 25.5 Å². The van der Waals surface area contributed by atoms with Gasteiger partial charge in [-0.2, -0.15) is 0 Å². The average molecular weight is 288 g/mol. The first-order valence-electron chi connectivity index (χ1n) is 6.90. The fourth-order valence-corrected chi connectivity index (χ4v) is 3.61. The summed E-state index contributed by atoms with van der Waals surface area (Å²) >= 11 is 1.81. The first kappa shape index (κ1) is 13.5. The van der Waals surface area contributed by atoms with Crippen LogP contribution in [-0.2, 0) is 19.5 Å². The van der Waals surface area contributed by atoms with Crippen molar-refractivity contribution in [1.82, 2.24) is 14.9 Å². The van der Waals surface area contributed by atoms with Gasteiger partial charge >= 0.3 is 0 Å². The summed E-state index contributed by atoms with van der Waals surface area (Å²) in [6.07, 6.45) is 2.73. The van der Waals surface area contributed by atoms with Crippen LogP contribution in [0.15, 0.2) is 17.8 Å². The molecule has 0 radical (unpaired) electrons. The standard InChI is InChI=1S/C15H20N4S/c1-11-5-7-20-14(11)9-19(3)15-12-8-18(2)6-4-13(12)16-10-17-15/h5,7,10H,4,6,8-9H2,1-3H3. The molecule has 5 heteroatoms. The van der Waals surface area contributed by atoms with Gasteiger partial charge in [-0.1, -0.05) is 0 Å². The van der Waals surface area contributed by atoms with Crippen LogP contribution in [-0.4, -0.2) is 35.5 Å². The minimum absolute atomic E-state index is 0.913. The number of hydrogen-bond acceptors (Lipinski definition) is 5. The van der Waals surface area contributed by atoms with Crippen LogP contribution in [0.4, 0.5) is 5.82 Å². The number of rotatable bonds is 3. The number of hydrogen-bond donors (Lipinski definition) is 0. The van der Waals surface area contributed by atoms with E-state index in [-0.39, 0.29) is 0 Å². The fraction of sp³-hybridized carbons (Fsp3) is 0.467. The van der Waals surface area contributed by atoms with Crippen LogP contribution in [0, 0.1) is 6.92 Å². The molecule has 0 fully saturated rings. The predicted molar refractivity (Wildman–Crippen MR) is 83.2 cm³/mol. The molecule has 0 amide bonds. The molecule has 0 saturated carbocycles. The summed E-state index contributed by atoms with van der Waals surface area (Å²) in [4.78, 5) is 15.0. The van der Waals surface area contributed by atoms with Gasteiger partial charge in [0.2, 0.25) is 0 Å². The van der Waals surface area contributed by atoms with Crippen molar-refractivity contribution >= 4 is 17.2 Å². The lowest BCUT2D eigenvalue weighted by Crippen LogP contribution is -2.30. The third-order valence-electron chi connectivity index (χ3n) is 3.88. The van der Waals surface area contributed by atoms with Crippen LogP contribution in [0.25, 0.3) is 0 Å². The zero-order chi connectivity index (χ0) is 14.1. The van der Waals surface area contributed by atoms with Gasteiger partial charge in [-0.3, -0.25) is 0 Å². The zero-order valence-corrected chi connectivity index (χ0v) is 13.1. The largest absolute Gasteiger partial charge is 0.354 e. The lowest BCUT2D eigenvalue weighted by Gasteiger charge is -2.28. The molecule has 3 heterocycles. The second kappa shape index (κ2) is 5.50. The first-order chi connectivity index (χ1) is 9.65. The van der Waals surface area contributed by atoms with E-state index in [1.54, 1.807) is 6.33 Å². The van der Waals surface area contributed by atoms with Crippen molar-refractivity contribution in [3.05, 3.63) is 39.5 Å². The molecule has 0 N–H and O–H groups in total. The van der Waals surface area contributed by atoms with E-state index >= 15 is 0 Å². The fourth-order valence-electron chi connectivity index (χ4n) is 2.65. The summed E-state index contributed by atoms with van der Waals surface area (Å²) in [6.45, 7) is 5.11. The molecule has 20 heavy (non-hydrogen) atoms. The van der Waals surface area contributed by atoms with Crippen molar-refractivity contribution < 1.29 is 0 Å². The van der Waals surface area contributed by atoms with Gasteiger partial charge in [0, 0.05) is 37.0 Å². The molecule has 0 bridgehead atoms. The van der Waals surface area contributed by atoms with E-state index in [0.717, 1.165) is 31.9 Å². The molecule has 0 spiro atoms. The quantitative estimate of drug-likeness (QED) is 0.868. The molecular weight excluding hydrogens is 268 g/mol. The number of fused-ring (bicyclic) bond motifs is 1. The van der Waals surface area contributed by atoms with E-state index in [1.165, 1.54) is 21.7 Å². The predicted octanol–water partition coefficient (Wildman–Crippen LogP) is 2.47. The molecule has 4 nitrogen and oxygen atoms in total. The van der Waals surface area contributed by atoms with Gasteiger partial charge in [0.1, 0.15) is 12.1 Å². The normalized spacial score (nSPS) is 15.2. The van der Waals surface area contributed by atoms with Crippen LogP contribution in [0.1, 0.15) is 21.7 Å². The smallest absolute Gasteiger partial charge is 0.136 e. The van der Waals surface area contributed by atoms with E-state index < -0.39 is 0 Å². The van der Waals surface area contributed by atoms with Crippen molar-refractivity contribution in [1.29, 1.82) is 0 Å². The molecule has 3 rings (SSSR count). The molecule has 0 aromatic carbocycles. The van der Waals surface area contributed by atoms with Gasteiger partial charge in [-0.25, -0.2) is 9.97 Å². The molecule has 0 aliphatic carbocycles. The minimum Gasteiger partial charge on any atom is -0.354 e. The van der Waals surface area contributed by atoms with Crippen molar-refractivity contribution in [3.63, 3.8) is 0 Å². The number of aromatic nitrogens is 2. The number of anilines is 1. The SMILES string of the molecule is Cc1ccsc1CN(C)c1ncnc2c1CN(C)CC2. The zero-order valence-electron chi connectivity index (χ0n) is 12.3. The summed E-state index contributed by atoms with van der Waals surface area (Å²) in [6, 6.07) is 2.18. The van der Waals surface area contributed by atoms with Gasteiger partial charge < -0.3 is 9.80 Å². The summed E-state index contributed by atoms with van der Waals surface area (Å²) < 4.78 is 0. The molecule has 0 saturated heterocycles. The Morgan fingerprint density at radius 1 is 1.40 bits per heavy atom. The van der Waals surface area contributed by atoms with Crippen molar-refractivity contribution in [2.24, 2.45) is 0 Å². The average Bonchev–Trinajstić information content (AvgIpc) is 2.83. The lowest BCUT2D eigenvalue weighted by atomic mass is 10.1. The monoisotopic (exact) mass is 288 g/mol. The third kappa shape index (κ3) is 2.55. The topological polar surface area (TPSA) is 32.3 Å². The number of thiophene rings is 1. The molecular formula is C15H20N4S. The minimum atomic E-state index is 0.913. The van der Waals surface area contributed by atoms with Crippen molar-refractivity contribution in [2.45, 2.75) is 26.4 Å². The van der Waals surface area contributed by atoms with Gasteiger partial charge in [-0.15, -0.1) is 11.3 Å². The molecule has 0 unspecified atom stereocenters. The van der Waals surface area contributed by atoms with Gasteiger partial charge in [0.05, 0.1) is 12.2 Å². The molecule has 1 aliphatic heterocycles. The third-order valence-corrected chi connectivity index (χ3v) is 4.89. The maximum absolute atomic E-state index is 4.53. The maximum Gasteiger partial charge on any atom is 0.136 e. The Kier molecular flexibility index (Phi) is 3.72. The molecule has 106 valence electrons. The highest BCUT2D eigenvalue weighted by molar-refractivity contribution is 7.10. The van der Waals surface area contributed by atoms with Gasteiger partial charge in [0.25, 0.3) is 0 Å². The summed E-state index contributed by atoms with van der Waals surface area (Å²) in [5, 5.41) is 2.15. The van der Waals surface area contributed by atoms with Crippen LogP contribution < -0.4 is 4.90 Å². The Morgan fingerprint density at radius 3 is 3.00 bits per heavy atom. The van der Waals surface area contributed by atoms with Crippen LogP contribution in [0.2, 0.25) is 0 Å². The van der Waals surface area contributed by atoms with Gasteiger partial charge in [0.15, 0.2) is 0 Å². The molecule has 1 aliphatic rings. The van der Waals surface area contributed by atoms with Crippen LogP contribution >= 0.6 is 11.3 Å². The number of nitrogens with zero attached hydrogens (tertiary/aromatic N) is 4. The highest BCUT2D eigenvalue weighted by Crippen LogP contribution is 2.26. The van der Waals surface area contributed by atoms with E-state index in [1.807, 2.05) is 11.3 Å². The van der Waals surface area contributed by atoms with Gasteiger partial charge in [-0.05, 0) is 31.0 Å². The second-order valence-corrected chi connectivity index (χ2v) is 6.49. The first-order valence-corrected chi connectivity index (χ1v) is 7.78. The second-order valence-electron chi connectivity index (χ2n) is 5.49. The maximum atomic E-state index is 4.53. The Balaban J connectivity index is 1.88.